The molecule has 0 aromatic heterocycles. The predicted molar refractivity (Wildman–Crippen MR) is 55.5 cm³/mol. The van der Waals surface area contributed by atoms with E-state index in [4.69, 9.17) is 19.8 Å². The van der Waals surface area contributed by atoms with E-state index in [1.54, 1.807) is 18.2 Å². The van der Waals surface area contributed by atoms with Crippen molar-refractivity contribution in [2.24, 2.45) is 5.16 Å². The topological polar surface area (TPSA) is 88.4 Å². The highest BCUT2D eigenvalue weighted by atomic mass is 16.5. The van der Waals surface area contributed by atoms with Gasteiger partial charge in [-0.1, -0.05) is 11.2 Å². The first-order valence-corrected chi connectivity index (χ1v) is 4.38. The van der Waals surface area contributed by atoms with Crippen molar-refractivity contribution in [2.45, 2.75) is 0 Å². The Balaban J connectivity index is 3.03. The molecule has 86 valence electrons. The second kappa shape index (κ2) is 5.59. The van der Waals surface area contributed by atoms with Crippen LogP contribution in [0.25, 0.3) is 0 Å². The maximum absolute atomic E-state index is 10.4. The highest BCUT2D eigenvalue weighted by Crippen LogP contribution is 2.29. The monoisotopic (exact) mass is 225 g/mol. The maximum Gasteiger partial charge on any atom is 0.341 e. The molecule has 0 amide bonds. The van der Waals surface area contributed by atoms with Crippen molar-refractivity contribution in [2.75, 3.05) is 13.7 Å². The molecule has 0 radical (unpaired) electrons. The first-order valence-electron chi connectivity index (χ1n) is 4.38. The third-order valence-electron chi connectivity index (χ3n) is 1.77. The molecule has 0 spiro atoms. The van der Waals surface area contributed by atoms with Gasteiger partial charge >= 0.3 is 5.97 Å². The van der Waals surface area contributed by atoms with Crippen LogP contribution < -0.4 is 9.47 Å². The Bertz CT molecular complexity index is 402. The van der Waals surface area contributed by atoms with E-state index >= 15 is 0 Å². The average Bonchev–Trinajstić information content (AvgIpc) is 2.27. The summed E-state index contributed by atoms with van der Waals surface area (Å²) < 4.78 is 10.0. The van der Waals surface area contributed by atoms with Crippen LogP contribution in [0, 0.1) is 0 Å². The van der Waals surface area contributed by atoms with E-state index in [2.05, 4.69) is 5.16 Å². The predicted octanol–water partition coefficient (Wildman–Crippen LogP) is 0.967. The summed E-state index contributed by atoms with van der Waals surface area (Å²) in [6, 6.07) is 4.90. The van der Waals surface area contributed by atoms with E-state index in [-0.39, 0.29) is 5.75 Å². The highest BCUT2D eigenvalue weighted by Gasteiger charge is 2.10. The van der Waals surface area contributed by atoms with Crippen LogP contribution in [0.4, 0.5) is 0 Å². The van der Waals surface area contributed by atoms with Crippen LogP contribution in [0.15, 0.2) is 23.4 Å². The Morgan fingerprint density at radius 1 is 1.56 bits per heavy atom. The van der Waals surface area contributed by atoms with E-state index in [9.17, 15) is 4.79 Å². The summed E-state index contributed by atoms with van der Waals surface area (Å²) in [6.45, 7) is -0.493. The Morgan fingerprint density at radius 2 is 2.31 bits per heavy atom. The van der Waals surface area contributed by atoms with Crippen LogP contribution in [0.2, 0.25) is 0 Å². The largest absolute Gasteiger partial charge is 0.493 e. The number of carboxylic acids is 1. The molecule has 1 rings (SSSR count). The number of hydrogen-bond donors (Lipinski definition) is 2. The van der Waals surface area contributed by atoms with E-state index < -0.39 is 12.6 Å². The normalized spacial score (nSPS) is 10.3. The van der Waals surface area contributed by atoms with Gasteiger partial charge in [-0.25, -0.2) is 4.79 Å². The molecule has 0 saturated heterocycles. The Morgan fingerprint density at radius 3 is 2.88 bits per heavy atom. The minimum Gasteiger partial charge on any atom is -0.493 e. The zero-order valence-electron chi connectivity index (χ0n) is 8.58. The van der Waals surface area contributed by atoms with Gasteiger partial charge in [0.15, 0.2) is 18.1 Å². The van der Waals surface area contributed by atoms with E-state index in [1.807, 2.05) is 0 Å². The third kappa shape index (κ3) is 2.88. The van der Waals surface area contributed by atoms with Crippen LogP contribution in [0.5, 0.6) is 11.5 Å². The number of para-hydroxylation sites is 1. The number of benzene rings is 1. The van der Waals surface area contributed by atoms with Crippen molar-refractivity contribution < 1.29 is 24.6 Å². The highest BCUT2D eigenvalue weighted by molar-refractivity contribution is 5.85. The van der Waals surface area contributed by atoms with Gasteiger partial charge in [0, 0.05) is 5.56 Å². The van der Waals surface area contributed by atoms with E-state index in [1.165, 1.54) is 7.11 Å². The van der Waals surface area contributed by atoms with Crippen LogP contribution >= 0.6 is 0 Å². The van der Waals surface area contributed by atoms with Gasteiger partial charge in [-0.2, -0.15) is 0 Å². The van der Waals surface area contributed by atoms with Crippen LogP contribution in [-0.4, -0.2) is 36.2 Å². The fourth-order valence-corrected chi connectivity index (χ4v) is 1.15. The van der Waals surface area contributed by atoms with Crippen molar-refractivity contribution in [1.29, 1.82) is 0 Å². The first-order chi connectivity index (χ1) is 7.69. The molecular formula is C10H11NO5. The number of oxime groups is 1. The van der Waals surface area contributed by atoms with Gasteiger partial charge in [0.25, 0.3) is 0 Å². The maximum atomic E-state index is 10.4. The minimum absolute atomic E-state index is 0.227. The third-order valence-corrected chi connectivity index (χ3v) is 1.77. The lowest BCUT2D eigenvalue weighted by Gasteiger charge is -2.11. The number of carbonyl (C=O) groups is 1. The van der Waals surface area contributed by atoms with Crippen molar-refractivity contribution in [3.8, 4) is 11.5 Å². The fourth-order valence-electron chi connectivity index (χ4n) is 1.15. The molecule has 0 aliphatic carbocycles. The van der Waals surface area contributed by atoms with Gasteiger partial charge < -0.3 is 19.8 Å². The Labute approximate surface area is 91.7 Å². The van der Waals surface area contributed by atoms with Gasteiger partial charge in [0.05, 0.1) is 13.3 Å². The minimum atomic E-state index is -1.10. The lowest BCUT2D eigenvalue weighted by atomic mass is 10.2. The zero-order valence-corrected chi connectivity index (χ0v) is 8.58. The van der Waals surface area contributed by atoms with Crippen LogP contribution in [0.3, 0.4) is 0 Å². The number of rotatable bonds is 5. The van der Waals surface area contributed by atoms with Crippen LogP contribution in [0.1, 0.15) is 5.56 Å². The SMILES string of the molecule is COc1cccc(/C=N\O)c1OCC(=O)O. The summed E-state index contributed by atoms with van der Waals surface area (Å²) in [5.74, 6) is -0.498. The van der Waals surface area contributed by atoms with Gasteiger partial charge in [0.2, 0.25) is 0 Å². The molecule has 0 atom stereocenters. The second-order valence-electron chi connectivity index (χ2n) is 2.81. The van der Waals surface area contributed by atoms with Gasteiger partial charge in [-0.3, -0.25) is 0 Å². The molecule has 6 nitrogen and oxygen atoms in total. The number of nitrogens with zero attached hydrogens (tertiary/aromatic N) is 1. The summed E-state index contributed by atoms with van der Waals surface area (Å²) >= 11 is 0. The number of aliphatic carboxylic acids is 1. The van der Waals surface area contributed by atoms with Gasteiger partial charge in [-0.15, -0.1) is 0 Å². The van der Waals surface area contributed by atoms with Gasteiger partial charge in [0.1, 0.15) is 0 Å². The molecule has 0 fully saturated rings. The summed E-state index contributed by atoms with van der Waals surface area (Å²) in [6.07, 6.45) is 1.14. The molecule has 1 aromatic carbocycles. The van der Waals surface area contributed by atoms with E-state index in [0.29, 0.717) is 11.3 Å². The summed E-state index contributed by atoms with van der Waals surface area (Å²) in [4.78, 5) is 10.4. The first kappa shape index (κ1) is 11.8. The van der Waals surface area contributed by atoms with Crippen molar-refractivity contribution in [1.82, 2.24) is 0 Å². The Kier molecular flexibility index (Phi) is 4.14. The molecule has 16 heavy (non-hydrogen) atoms. The Hall–Kier alpha value is -2.24. The molecule has 2 N–H and O–H groups in total. The summed E-state index contributed by atoms with van der Waals surface area (Å²) in [7, 11) is 1.43. The molecule has 1 aromatic rings. The van der Waals surface area contributed by atoms with Crippen molar-refractivity contribution in [3.63, 3.8) is 0 Å². The standard InChI is InChI=1S/C10H11NO5/c1-15-8-4-2-3-7(5-11-14)10(8)16-6-9(12)13/h2-5,14H,6H2,1H3,(H,12,13)/b11-5-. The number of methoxy groups -OCH3 is 1. The molecule has 0 aliphatic heterocycles. The molecule has 0 unspecified atom stereocenters. The number of ether oxygens (including phenoxy) is 2. The average molecular weight is 225 g/mol. The lowest BCUT2D eigenvalue weighted by molar-refractivity contribution is -0.139. The molecule has 0 heterocycles. The summed E-state index contributed by atoms with van der Waals surface area (Å²) in [5.41, 5.74) is 0.433. The van der Waals surface area contributed by atoms with Crippen molar-refractivity contribution in [3.05, 3.63) is 23.8 Å². The van der Waals surface area contributed by atoms with Gasteiger partial charge in [-0.05, 0) is 12.1 Å². The molecule has 0 saturated carbocycles. The summed E-state index contributed by atoms with van der Waals surface area (Å²) in [5, 5.41) is 19.8. The lowest BCUT2D eigenvalue weighted by Crippen LogP contribution is -2.11. The number of hydrogen-bond acceptors (Lipinski definition) is 5. The molecule has 0 aliphatic rings. The fraction of sp³-hybridized carbons (Fsp3) is 0.200. The zero-order chi connectivity index (χ0) is 12.0. The molecule has 0 bridgehead atoms. The molecule has 6 heteroatoms. The van der Waals surface area contributed by atoms with Crippen LogP contribution in [-0.2, 0) is 4.79 Å². The molecular weight excluding hydrogens is 214 g/mol. The van der Waals surface area contributed by atoms with Crippen molar-refractivity contribution >= 4 is 12.2 Å². The van der Waals surface area contributed by atoms with E-state index in [0.717, 1.165) is 6.21 Å². The smallest absolute Gasteiger partial charge is 0.341 e. The second-order valence-corrected chi connectivity index (χ2v) is 2.81. The quantitative estimate of drug-likeness (QED) is 0.442. The number of carboxylic acid groups (broad SMARTS) is 1.